The average molecular weight is 370 g/mol. The maximum Gasteiger partial charge on any atom is 0.259 e. The van der Waals surface area contributed by atoms with Gasteiger partial charge in [-0.3, -0.25) is 4.79 Å². The quantitative estimate of drug-likeness (QED) is 0.635. The molecule has 2 N–H and O–H groups in total. The lowest BCUT2D eigenvalue weighted by molar-refractivity contribution is 0.561. The highest BCUT2D eigenvalue weighted by atomic mass is 32.1. The van der Waals surface area contributed by atoms with Crippen LogP contribution in [0.5, 0.6) is 0 Å². The van der Waals surface area contributed by atoms with Gasteiger partial charge >= 0.3 is 0 Å². The van der Waals surface area contributed by atoms with E-state index in [-0.39, 0.29) is 5.56 Å². The molecule has 3 rings (SSSR count). The zero-order valence-corrected chi connectivity index (χ0v) is 17.0. The third kappa shape index (κ3) is 3.83. The number of hydrogen-bond acceptors (Lipinski definition) is 4. The van der Waals surface area contributed by atoms with E-state index in [2.05, 4.69) is 63.1 Å². The van der Waals surface area contributed by atoms with Crippen molar-refractivity contribution < 1.29 is 0 Å². The topological polar surface area (TPSA) is 57.8 Å². The minimum atomic E-state index is -0.0189. The molecular weight excluding hydrogens is 342 g/mol. The summed E-state index contributed by atoms with van der Waals surface area (Å²) in [5, 5.41) is 4.14. The molecule has 3 aromatic rings. The Morgan fingerprint density at radius 3 is 2.69 bits per heavy atom. The van der Waals surface area contributed by atoms with Crippen LogP contribution in [-0.4, -0.2) is 9.97 Å². The predicted molar refractivity (Wildman–Crippen MR) is 111 cm³/mol. The van der Waals surface area contributed by atoms with Crippen LogP contribution in [0, 0.1) is 26.7 Å². The van der Waals surface area contributed by atoms with Gasteiger partial charge < -0.3 is 10.3 Å². The summed E-state index contributed by atoms with van der Waals surface area (Å²) in [6.45, 7) is 11.2. The molecule has 0 fully saturated rings. The van der Waals surface area contributed by atoms with Gasteiger partial charge in [0.1, 0.15) is 10.7 Å². The van der Waals surface area contributed by atoms with Crippen LogP contribution >= 0.6 is 11.3 Å². The number of anilines is 1. The van der Waals surface area contributed by atoms with E-state index in [0.29, 0.717) is 18.3 Å². The van der Waals surface area contributed by atoms with E-state index in [1.54, 1.807) is 11.3 Å². The number of H-pyrrole nitrogens is 1. The molecule has 5 heteroatoms. The zero-order chi connectivity index (χ0) is 18.8. The average Bonchev–Trinajstić information content (AvgIpc) is 2.91. The van der Waals surface area contributed by atoms with Crippen LogP contribution in [0.2, 0.25) is 0 Å². The molecule has 1 atom stereocenters. The van der Waals surface area contributed by atoms with Crippen molar-refractivity contribution in [2.45, 2.75) is 54.0 Å². The van der Waals surface area contributed by atoms with Crippen LogP contribution in [0.15, 0.2) is 23.0 Å². The molecule has 0 aliphatic heterocycles. The van der Waals surface area contributed by atoms with Crippen molar-refractivity contribution in [3.8, 4) is 0 Å². The van der Waals surface area contributed by atoms with Gasteiger partial charge in [-0.25, -0.2) is 4.98 Å². The van der Waals surface area contributed by atoms with Gasteiger partial charge in [0.15, 0.2) is 0 Å². The number of fused-ring (bicyclic) bond motifs is 1. The second-order valence-electron chi connectivity index (χ2n) is 7.20. The summed E-state index contributed by atoms with van der Waals surface area (Å²) in [6.07, 6.45) is 2.05. The molecule has 0 unspecified atom stereocenters. The van der Waals surface area contributed by atoms with Crippen LogP contribution in [0.25, 0.3) is 10.2 Å². The molecule has 138 valence electrons. The minimum absolute atomic E-state index is 0.0189. The van der Waals surface area contributed by atoms with E-state index >= 15 is 0 Å². The molecule has 2 heterocycles. The molecular formula is C21H27N3OS. The van der Waals surface area contributed by atoms with Crippen LogP contribution in [0.4, 0.5) is 5.69 Å². The zero-order valence-electron chi connectivity index (χ0n) is 16.2. The Morgan fingerprint density at radius 2 is 2.00 bits per heavy atom. The molecule has 1 aromatic carbocycles. The fourth-order valence-electron chi connectivity index (χ4n) is 3.08. The highest BCUT2D eigenvalue weighted by molar-refractivity contribution is 7.18. The highest BCUT2D eigenvalue weighted by Crippen LogP contribution is 2.29. The van der Waals surface area contributed by atoms with Crippen LogP contribution in [0.3, 0.4) is 0 Å². The summed E-state index contributed by atoms with van der Waals surface area (Å²) in [6, 6.07) is 6.27. The summed E-state index contributed by atoms with van der Waals surface area (Å²) >= 11 is 1.63. The number of aromatic amines is 1. The van der Waals surface area contributed by atoms with Crippen molar-refractivity contribution in [2.75, 3.05) is 5.32 Å². The molecule has 2 aromatic heterocycles. The van der Waals surface area contributed by atoms with Crippen molar-refractivity contribution in [3.63, 3.8) is 0 Å². The number of nitrogens with one attached hydrogen (secondary N) is 2. The Hall–Kier alpha value is -2.14. The van der Waals surface area contributed by atoms with E-state index in [9.17, 15) is 4.79 Å². The summed E-state index contributed by atoms with van der Waals surface area (Å²) in [4.78, 5) is 22.4. The van der Waals surface area contributed by atoms with E-state index < -0.39 is 0 Å². The molecule has 0 amide bonds. The van der Waals surface area contributed by atoms with Crippen LogP contribution in [-0.2, 0) is 13.0 Å². The van der Waals surface area contributed by atoms with Crippen molar-refractivity contribution >= 4 is 27.2 Å². The largest absolute Gasteiger partial charge is 0.378 e. The molecule has 4 nitrogen and oxygen atoms in total. The molecule has 0 saturated heterocycles. The first-order chi connectivity index (χ1) is 12.4. The fraction of sp³-hybridized carbons (Fsp3) is 0.429. The van der Waals surface area contributed by atoms with Crippen LogP contribution in [0.1, 0.15) is 47.7 Å². The fourth-order valence-corrected chi connectivity index (χ4v) is 4.15. The van der Waals surface area contributed by atoms with E-state index in [0.717, 1.165) is 28.7 Å². The van der Waals surface area contributed by atoms with Gasteiger partial charge in [-0.2, -0.15) is 0 Å². The lowest BCUT2D eigenvalue weighted by atomic mass is 9.98. The number of aryl methyl sites for hydroxylation is 3. The first kappa shape index (κ1) is 18.6. The van der Waals surface area contributed by atoms with E-state index in [1.807, 2.05) is 0 Å². The Bertz CT molecular complexity index is 987. The molecule has 0 saturated carbocycles. The number of benzene rings is 1. The Morgan fingerprint density at radius 1 is 1.23 bits per heavy atom. The molecule has 0 aliphatic rings. The first-order valence-electron chi connectivity index (χ1n) is 9.21. The number of thiophene rings is 1. The lowest BCUT2D eigenvalue weighted by Gasteiger charge is -2.09. The number of rotatable bonds is 6. The Balaban J connectivity index is 1.87. The van der Waals surface area contributed by atoms with Gasteiger partial charge in [0.25, 0.3) is 5.56 Å². The Labute approximate surface area is 158 Å². The summed E-state index contributed by atoms with van der Waals surface area (Å²) < 4.78 is 0. The van der Waals surface area contributed by atoms with Crippen molar-refractivity contribution in [3.05, 3.63) is 55.9 Å². The standard InChI is InChI=1S/C21H27N3OS/c1-6-12(2)9-17-15(5)26-21-19(17)20(25)23-18(24-21)11-22-16-8-7-13(3)14(4)10-16/h7-8,10,12,22H,6,9,11H2,1-5H3,(H,23,24,25)/t12-/m1/s1. The SMILES string of the molecule is CC[C@@H](C)Cc1c(C)sc2nc(CNc3ccc(C)c(C)c3)[nH]c(=O)c12. The third-order valence-electron chi connectivity index (χ3n) is 5.13. The monoisotopic (exact) mass is 369 g/mol. The van der Waals surface area contributed by atoms with Crippen molar-refractivity contribution in [1.29, 1.82) is 0 Å². The van der Waals surface area contributed by atoms with Gasteiger partial charge in [-0.05, 0) is 61.9 Å². The van der Waals surface area contributed by atoms with Gasteiger partial charge in [-0.15, -0.1) is 11.3 Å². The van der Waals surface area contributed by atoms with Gasteiger partial charge in [0.05, 0.1) is 11.9 Å². The maximum absolute atomic E-state index is 12.7. The van der Waals surface area contributed by atoms with E-state index in [4.69, 9.17) is 4.98 Å². The molecule has 0 bridgehead atoms. The maximum atomic E-state index is 12.7. The second kappa shape index (κ2) is 7.62. The summed E-state index contributed by atoms with van der Waals surface area (Å²) in [7, 11) is 0. The first-order valence-corrected chi connectivity index (χ1v) is 10.0. The van der Waals surface area contributed by atoms with Gasteiger partial charge in [0, 0.05) is 10.6 Å². The normalized spacial score (nSPS) is 12.5. The second-order valence-corrected chi connectivity index (χ2v) is 8.40. The van der Waals surface area contributed by atoms with Crippen molar-refractivity contribution in [1.82, 2.24) is 9.97 Å². The van der Waals surface area contributed by atoms with E-state index in [1.165, 1.54) is 21.6 Å². The van der Waals surface area contributed by atoms with Crippen molar-refractivity contribution in [2.24, 2.45) is 5.92 Å². The predicted octanol–water partition coefficient (Wildman–Crippen LogP) is 5.11. The number of aromatic nitrogens is 2. The molecule has 0 spiro atoms. The smallest absolute Gasteiger partial charge is 0.259 e. The Kier molecular flexibility index (Phi) is 5.47. The van der Waals surface area contributed by atoms with Gasteiger partial charge in [-0.1, -0.05) is 26.3 Å². The summed E-state index contributed by atoms with van der Waals surface area (Å²) in [5.41, 5.74) is 4.70. The minimum Gasteiger partial charge on any atom is -0.378 e. The van der Waals surface area contributed by atoms with Crippen LogP contribution < -0.4 is 10.9 Å². The number of hydrogen-bond donors (Lipinski definition) is 2. The molecule has 26 heavy (non-hydrogen) atoms. The highest BCUT2D eigenvalue weighted by Gasteiger charge is 2.16. The summed E-state index contributed by atoms with van der Waals surface area (Å²) in [5.74, 6) is 1.24. The lowest BCUT2D eigenvalue weighted by Crippen LogP contribution is -2.15. The van der Waals surface area contributed by atoms with Gasteiger partial charge in [0.2, 0.25) is 0 Å². The number of nitrogens with zero attached hydrogens (tertiary/aromatic N) is 1. The molecule has 0 radical (unpaired) electrons. The third-order valence-corrected chi connectivity index (χ3v) is 6.17. The molecule has 0 aliphatic carbocycles.